The van der Waals surface area contributed by atoms with Gasteiger partial charge in [-0.05, 0) is 31.5 Å². The number of amides is 1. The summed E-state index contributed by atoms with van der Waals surface area (Å²) in [4.78, 5) is 14.0. The molecule has 0 spiro atoms. The van der Waals surface area contributed by atoms with E-state index in [1.54, 1.807) is 6.07 Å². The summed E-state index contributed by atoms with van der Waals surface area (Å²) in [5, 5.41) is 13.6. The van der Waals surface area contributed by atoms with Crippen LogP contribution in [0.4, 0.5) is 0 Å². The molecule has 3 N–H and O–H groups in total. The number of para-hydroxylation sites is 1. The van der Waals surface area contributed by atoms with E-state index < -0.39 is 0 Å². The molecule has 3 rings (SSSR count). The molecule has 5 nitrogen and oxygen atoms in total. The van der Waals surface area contributed by atoms with E-state index >= 15 is 0 Å². The van der Waals surface area contributed by atoms with Crippen molar-refractivity contribution < 1.29 is 19.5 Å². The number of rotatable bonds is 7. The molecule has 0 radical (unpaired) electrons. The summed E-state index contributed by atoms with van der Waals surface area (Å²) in [5.74, 6) is 1.01. The van der Waals surface area contributed by atoms with E-state index in [9.17, 15) is 9.90 Å². The quantitative estimate of drug-likeness (QED) is 0.688. The first-order valence-corrected chi connectivity index (χ1v) is 10.2. The van der Waals surface area contributed by atoms with Gasteiger partial charge in [0.05, 0.1) is 31.3 Å². The van der Waals surface area contributed by atoms with Crippen LogP contribution in [0, 0.1) is 5.92 Å². The topological polar surface area (TPSA) is 63.0 Å². The molecule has 0 aliphatic carbocycles. The van der Waals surface area contributed by atoms with E-state index in [1.165, 1.54) is 4.90 Å². The molecule has 28 heavy (non-hydrogen) atoms. The second kappa shape index (κ2) is 9.60. The lowest BCUT2D eigenvalue weighted by atomic mass is 9.94. The monoisotopic (exact) mass is 383 g/mol. The highest BCUT2D eigenvalue weighted by atomic mass is 16.5. The zero-order chi connectivity index (χ0) is 19.9. The van der Waals surface area contributed by atoms with Crippen molar-refractivity contribution in [2.75, 3.05) is 19.7 Å². The van der Waals surface area contributed by atoms with Gasteiger partial charge < -0.3 is 20.1 Å². The number of carbonyl (C=O) groups is 1. The highest BCUT2D eigenvalue weighted by molar-refractivity contribution is 5.79. The molecular weight excluding hydrogens is 352 g/mol. The van der Waals surface area contributed by atoms with Gasteiger partial charge in [-0.1, -0.05) is 36.4 Å². The SMILES string of the molecule is CCOc1cccc(C[NH+]2CCC(C(=O)N[C@H](C)c3ccccc3)CC2)c1O. The van der Waals surface area contributed by atoms with E-state index in [-0.39, 0.29) is 23.6 Å². The maximum absolute atomic E-state index is 12.6. The fourth-order valence-electron chi connectivity index (χ4n) is 3.87. The van der Waals surface area contributed by atoms with Crippen molar-refractivity contribution in [1.29, 1.82) is 0 Å². The molecule has 0 saturated carbocycles. The molecule has 1 aliphatic rings. The Labute approximate surface area is 167 Å². The molecule has 2 aromatic rings. The Kier molecular flexibility index (Phi) is 6.93. The number of carbonyl (C=O) groups excluding carboxylic acids is 1. The average Bonchev–Trinajstić information content (AvgIpc) is 2.72. The van der Waals surface area contributed by atoms with Gasteiger partial charge in [0.25, 0.3) is 0 Å². The van der Waals surface area contributed by atoms with Crippen molar-refractivity contribution in [3.05, 3.63) is 59.7 Å². The molecule has 150 valence electrons. The van der Waals surface area contributed by atoms with Crippen molar-refractivity contribution in [3.8, 4) is 11.5 Å². The average molecular weight is 384 g/mol. The number of aromatic hydroxyl groups is 1. The van der Waals surface area contributed by atoms with Crippen LogP contribution in [0.1, 0.15) is 43.9 Å². The second-order valence-electron chi connectivity index (χ2n) is 7.54. The standard InChI is InChI=1S/C23H30N2O3/c1-3-28-21-11-7-10-20(22(21)26)16-25-14-12-19(13-15-25)23(27)24-17(2)18-8-5-4-6-9-18/h4-11,17,19,26H,3,12-16H2,1-2H3,(H,24,27)/p+1/t17-/m1/s1. The molecule has 1 atom stereocenters. The van der Waals surface area contributed by atoms with E-state index in [0.717, 1.165) is 43.6 Å². The highest BCUT2D eigenvalue weighted by Gasteiger charge is 2.28. The zero-order valence-electron chi connectivity index (χ0n) is 16.8. The summed E-state index contributed by atoms with van der Waals surface area (Å²) >= 11 is 0. The number of phenolic OH excluding ortho intramolecular Hbond substituents is 1. The number of hydrogen-bond donors (Lipinski definition) is 3. The van der Waals surface area contributed by atoms with Crippen LogP contribution in [0.25, 0.3) is 0 Å². The molecule has 1 aliphatic heterocycles. The molecular formula is C23H31N2O3+. The van der Waals surface area contributed by atoms with Crippen LogP contribution < -0.4 is 15.0 Å². The largest absolute Gasteiger partial charge is 0.504 e. The molecule has 0 aromatic heterocycles. The summed E-state index contributed by atoms with van der Waals surface area (Å²) in [6.07, 6.45) is 1.74. The molecule has 0 bridgehead atoms. The third-order valence-electron chi connectivity index (χ3n) is 5.54. The van der Waals surface area contributed by atoms with Gasteiger partial charge in [0.2, 0.25) is 5.91 Å². The van der Waals surface area contributed by atoms with Crippen molar-refractivity contribution in [2.45, 2.75) is 39.3 Å². The summed E-state index contributed by atoms with van der Waals surface area (Å²) in [6, 6.07) is 15.8. The summed E-state index contributed by atoms with van der Waals surface area (Å²) in [7, 11) is 0. The van der Waals surface area contributed by atoms with E-state index in [1.807, 2.05) is 56.3 Å². The van der Waals surface area contributed by atoms with Crippen LogP contribution in [0.3, 0.4) is 0 Å². The maximum Gasteiger partial charge on any atom is 0.224 e. The Balaban J connectivity index is 1.50. The molecule has 2 aromatic carbocycles. The van der Waals surface area contributed by atoms with Gasteiger partial charge in [0.15, 0.2) is 11.5 Å². The molecule has 1 heterocycles. The van der Waals surface area contributed by atoms with Crippen molar-refractivity contribution in [1.82, 2.24) is 5.32 Å². The molecule has 1 amide bonds. The minimum atomic E-state index is 0.0253. The van der Waals surface area contributed by atoms with Crippen molar-refractivity contribution in [3.63, 3.8) is 0 Å². The van der Waals surface area contributed by atoms with Gasteiger partial charge in [-0.25, -0.2) is 0 Å². The number of piperidine rings is 1. The smallest absolute Gasteiger partial charge is 0.224 e. The fourth-order valence-corrected chi connectivity index (χ4v) is 3.87. The third kappa shape index (κ3) is 5.04. The predicted molar refractivity (Wildman–Crippen MR) is 109 cm³/mol. The minimum Gasteiger partial charge on any atom is -0.504 e. The van der Waals surface area contributed by atoms with E-state index in [2.05, 4.69) is 5.32 Å². The number of benzene rings is 2. The second-order valence-corrected chi connectivity index (χ2v) is 7.54. The molecule has 5 heteroatoms. The highest BCUT2D eigenvalue weighted by Crippen LogP contribution is 2.29. The molecule has 0 unspecified atom stereocenters. The van der Waals surface area contributed by atoms with Crippen LogP contribution in [-0.2, 0) is 11.3 Å². The van der Waals surface area contributed by atoms with Gasteiger partial charge in [-0.2, -0.15) is 0 Å². The fraction of sp³-hybridized carbons (Fsp3) is 0.435. The molecule has 1 saturated heterocycles. The summed E-state index contributed by atoms with van der Waals surface area (Å²) in [5.41, 5.74) is 2.03. The first-order chi connectivity index (χ1) is 13.6. The first kappa shape index (κ1) is 20.2. The van der Waals surface area contributed by atoms with Crippen LogP contribution in [0.5, 0.6) is 11.5 Å². The zero-order valence-corrected chi connectivity index (χ0v) is 16.8. The molecule has 1 fully saturated rings. The van der Waals surface area contributed by atoms with Gasteiger partial charge in [-0.15, -0.1) is 0 Å². The van der Waals surface area contributed by atoms with Crippen LogP contribution in [0.2, 0.25) is 0 Å². The normalized spacial score (nSPS) is 20.4. The lowest BCUT2D eigenvalue weighted by molar-refractivity contribution is -0.919. The number of nitrogens with one attached hydrogen (secondary N) is 2. The summed E-state index contributed by atoms with van der Waals surface area (Å²) < 4.78 is 5.48. The Bertz CT molecular complexity index is 771. The number of quaternary nitrogens is 1. The van der Waals surface area contributed by atoms with Crippen molar-refractivity contribution in [2.24, 2.45) is 5.92 Å². The Hall–Kier alpha value is -2.53. The van der Waals surface area contributed by atoms with Crippen molar-refractivity contribution >= 4 is 5.91 Å². The Morgan fingerprint density at radius 3 is 2.57 bits per heavy atom. The summed E-state index contributed by atoms with van der Waals surface area (Å²) in [6.45, 7) is 7.08. The minimum absolute atomic E-state index is 0.0253. The number of phenols is 1. The van der Waals surface area contributed by atoms with Crippen LogP contribution in [-0.4, -0.2) is 30.7 Å². The predicted octanol–water partition coefficient (Wildman–Crippen LogP) is 2.46. The third-order valence-corrected chi connectivity index (χ3v) is 5.54. The number of hydrogen-bond acceptors (Lipinski definition) is 3. The van der Waals surface area contributed by atoms with Crippen LogP contribution >= 0.6 is 0 Å². The first-order valence-electron chi connectivity index (χ1n) is 10.2. The van der Waals surface area contributed by atoms with E-state index in [0.29, 0.717) is 12.4 Å². The van der Waals surface area contributed by atoms with Gasteiger partial charge in [0.1, 0.15) is 6.54 Å². The van der Waals surface area contributed by atoms with Crippen LogP contribution in [0.15, 0.2) is 48.5 Å². The van der Waals surface area contributed by atoms with Gasteiger partial charge in [-0.3, -0.25) is 4.79 Å². The lowest BCUT2D eigenvalue weighted by Gasteiger charge is -2.29. The number of likely N-dealkylation sites (tertiary alicyclic amines) is 1. The Morgan fingerprint density at radius 2 is 1.89 bits per heavy atom. The van der Waals surface area contributed by atoms with E-state index in [4.69, 9.17) is 4.74 Å². The van der Waals surface area contributed by atoms with Gasteiger partial charge >= 0.3 is 0 Å². The van der Waals surface area contributed by atoms with Gasteiger partial charge in [0, 0.05) is 18.8 Å². The Morgan fingerprint density at radius 1 is 1.18 bits per heavy atom. The lowest BCUT2D eigenvalue weighted by Crippen LogP contribution is -3.11. The number of ether oxygens (including phenoxy) is 1. The maximum atomic E-state index is 12.6.